The molecule has 54 heavy (non-hydrogen) atoms. The quantitative estimate of drug-likeness (QED) is 0.0416. The van der Waals surface area contributed by atoms with E-state index < -0.39 is 84.6 Å². The summed E-state index contributed by atoms with van der Waals surface area (Å²) in [6, 6.07) is 0. The van der Waals surface area contributed by atoms with E-state index in [2.05, 4.69) is 40.3 Å². The van der Waals surface area contributed by atoms with E-state index in [9.17, 15) is 57.9 Å². The van der Waals surface area contributed by atoms with E-state index in [1.165, 1.54) is 13.8 Å². The molecule has 3 rings (SSSR count). The molecular weight excluding hydrogens is 807 g/mol. The lowest BCUT2D eigenvalue weighted by molar-refractivity contribution is -0.137. The maximum Gasteiger partial charge on any atom is 0.481 e. The van der Waals surface area contributed by atoms with Crippen molar-refractivity contribution >= 4 is 69.1 Å². The molecule has 0 saturated carbocycles. The molecule has 302 valence electrons. The molecule has 0 bridgehead atoms. The van der Waals surface area contributed by atoms with Crippen molar-refractivity contribution in [2.45, 2.75) is 63.8 Å². The predicted octanol–water partition coefficient (Wildman–Crippen LogP) is -0.922. The van der Waals surface area contributed by atoms with Crippen molar-refractivity contribution in [1.82, 2.24) is 30.2 Å². The zero-order valence-corrected chi connectivity index (χ0v) is 32.1. The summed E-state index contributed by atoms with van der Waals surface area (Å²) < 4.78 is 61.9. The third-order valence-electron chi connectivity index (χ3n) is 7.24. The van der Waals surface area contributed by atoms with Crippen LogP contribution in [0.5, 0.6) is 0 Å². The summed E-state index contributed by atoms with van der Waals surface area (Å²) in [5, 5.41) is 26.1. The smallest absolute Gasteiger partial charge is 0.386 e. The number of nitrogens with zero attached hydrogens (tertiary/aromatic N) is 4. The van der Waals surface area contributed by atoms with Crippen molar-refractivity contribution in [1.29, 1.82) is 0 Å². The number of phosphoric ester groups is 3. The van der Waals surface area contributed by atoms with Gasteiger partial charge in [0, 0.05) is 43.5 Å². The number of phosphoric acid groups is 3. The van der Waals surface area contributed by atoms with Gasteiger partial charge >= 0.3 is 23.5 Å². The maximum atomic E-state index is 12.6. The standard InChI is InChI=1S/C26H40N7O17P3S/c1-4-5-6-17(35)54-10-9-28-16(34)7-8-29-24(38)21(37)26(2,3)12-47-53(44,45)50-52(42,43)46-11-15-20(49-51(39,40)41)19(36)25(48-15)33-14-32-18-22(27)30-13-31-23(18)33/h1,13-15,19-21,25,36-37H,5-12H2,2-3H3,(H,28,34)(H,29,38)(H,42,43)(H,44,45)(H2,27,30,31)(H2,39,40,41)/t15?,19?,20?,21-,25?/m0/s1. The number of rotatable bonds is 21. The molecule has 1 saturated heterocycles. The minimum absolute atomic E-state index is 0.0279. The minimum atomic E-state index is -5.57. The van der Waals surface area contributed by atoms with Crippen molar-refractivity contribution in [2.24, 2.45) is 5.41 Å². The third kappa shape index (κ3) is 13.7. The molecule has 24 nitrogen and oxygen atoms in total. The van der Waals surface area contributed by atoms with Gasteiger partial charge in [-0.15, -0.1) is 12.3 Å². The summed E-state index contributed by atoms with van der Waals surface area (Å²) in [7, 11) is -16.4. The van der Waals surface area contributed by atoms with E-state index in [0.717, 1.165) is 29.0 Å². The molecule has 0 radical (unpaired) electrons. The maximum absolute atomic E-state index is 12.6. The zero-order valence-electron chi connectivity index (χ0n) is 28.6. The number of hydrogen-bond acceptors (Lipinski definition) is 18. The summed E-state index contributed by atoms with van der Waals surface area (Å²) in [4.78, 5) is 86.9. The van der Waals surface area contributed by atoms with Gasteiger partial charge in [-0.2, -0.15) is 4.31 Å². The minimum Gasteiger partial charge on any atom is -0.386 e. The number of fused-ring (bicyclic) bond motifs is 1. The topological polar surface area (TPSA) is 364 Å². The van der Waals surface area contributed by atoms with Crippen molar-refractivity contribution in [3.63, 3.8) is 0 Å². The number of terminal acetylenes is 1. The number of nitrogens with one attached hydrogen (secondary N) is 2. The number of hydrogen-bond donors (Lipinski definition) is 9. The summed E-state index contributed by atoms with van der Waals surface area (Å²) in [5.74, 6) is 1.19. The largest absolute Gasteiger partial charge is 0.481 e. The molecule has 2 aromatic rings. The number of imidazole rings is 1. The van der Waals surface area contributed by atoms with Crippen LogP contribution in [0.25, 0.3) is 11.2 Å². The van der Waals surface area contributed by atoms with Gasteiger partial charge in [-0.3, -0.25) is 32.5 Å². The third-order valence-corrected chi connectivity index (χ3v) is 11.3. The Morgan fingerprint density at radius 3 is 2.44 bits per heavy atom. The Hall–Kier alpha value is -2.88. The fourth-order valence-corrected chi connectivity index (χ4v) is 8.05. The van der Waals surface area contributed by atoms with Gasteiger partial charge in [0.1, 0.15) is 36.3 Å². The van der Waals surface area contributed by atoms with Crippen LogP contribution in [0, 0.1) is 17.8 Å². The van der Waals surface area contributed by atoms with Crippen LogP contribution in [0.2, 0.25) is 0 Å². The molecule has 2 amide bonds. The van der Waals surface area contributed by atoms with Crippen LogP contribution in [0.3, 0.4) is 0 Å². The van der Waals surface area contributed by atoms with E-state index >= 15 is 0 Å². The van der Waals surface area contributed by atoms with Crippen molar-refractivity contribution < 1.29 is 80.5 Å². The molecule has 10 N–H and O–H groups in total. The number of carbonyl (C=O) groups excluding carboxylic acids is 3. The second-order valence-corrected chi connectivity index (χ2v) is 17.4. The molecule has 7 atom stereocenters. The Bertz CT molecular complexity index is 1840. The number of aliphatic hydroxyl groups excluding tert-OH is 2. The Kier molecular flexibility index (Phi) is 16.3. The number of nitrogens with two attached hydrogens (primary N) is 1. The summed E-state index contributed by atoms with van der Waals surface area (Å²) >= 11 is 1.01. The lowest BCUT2D eigenvalue weighted by Gasteiger charge is -2.30. The number of thioether (sulfide) groups is 1. The molecule has 28 heteroatoms. The fourth-order valence-electron chi connectivity index (χ4n) is 4.54. The molecule has 1 aliphatic heterocycles. The van der Waals surface area contributed by atoms with Gasteiger partial charge in [0.2, 0.25) is 11.8 Å². The number of nitrogen functional groups attached to an aromatic ring is 1. The van der Waals surface area contributed by atoms with Crippen molar-refractivity contribution in [3.05, 3.63) is 12.7 Å². The molecule has 0 aliphatic carbocycles. The number of amides is 2. The Morgan fingerprint density at radius 1 is 1.09 bits per heavy atom. The van der Waals surface area contributed by atoms with Crippen LogP contribution >= 0.6 is 35.2 Å². The monoisotopic (exact) mass is 847 g/mol. The van der Waals surface area contributed by atoms with Gasteiger partial charge in [-0.25, -0.2) is 28.6 Å². The van der Waals surface area contributed by atoms with E-state index in [4.69, 9.17) is 25.9 Å². The number of aliphatic hydroxyl groups is 2. The van der Waals surface area contributed by atoms with Gasteiger partial charge in [0.15, 0.2) is 22.8 Å². The summed E-state index contributed by atoms with van der Waals surface area (Å²) in [6.45, 7) is 0.435. The highest BCUT2D eigenvalue weighted by atomic mass is 32.2. The van der Waals surface area contributed by atoms with Gasteiger partial charge in [0.05, 0.1) is 19.5 Å². The Morgan fingerprint density at radius 2 is 1.78 bits per heavy atom. The highest BCUT2D eigenvalue weighted by Gasteiger charge is 2.50. The molecule has 3 heterocycles. The molecule has 0 aromatic carbocycles. The average Bonchev–Trinajstić information content (AvgIpc) is 3.63. The zero-order chi connectivity index (χ0) is 40.5. The second kappa shape index (κ2) is 19.3. The second-order valence-electron chi connectivity index (χ2n) is 12.0. The van der Waals surface area contributed by atoms with Crippen LogP contribution in [0.15, 0.2) is 12.7 Å². The molecule has 6 unspecified atom stereocenters. The molecule has 0 spiro atoms. The van der Waals surface area contributed by atoms with Crippen LogP contribution in [-0.2, 0) is 50.7 Å². The lowest BCUT2D eigenvalue weighted by atomic mass is 9.87. The van der Waals surface area contributed by atoms with Crippen molar-refractivity contribution in [3.8, 4) is 12.3 Å². The van der Waals surface area contributed by atoms with Crippen molar-refractivity contribution in [2.75, 3.05) is 37.8 Å². The number of anilines is 1. The molecule has 2 aromatic heterocycles. The molecule has 1 fully saturated rings. The number of ether oxygens (including phenoxy) is 1. The molecule has 1 aliphatic rings. The van der Waals surface area contributed by atoms with E-state index in [0.29, 0.717) is 12.2 Å². The lowest BCUT2D eigenvalue weighted by Crippen LogP contribution is -2.46. The van der Waals surface area contributed by atoms with E-state index in [-0.39, 0.29) is 48.0 Å². The van der Waals surface area contributed by atoms with Gasteiger partial charge in [-0.1, -0.05) is 25.6 Å². The Labute approximate surface area is 311 Å². The fraction of sp³-hybridized carbons (Fsp3) is 0.615. The van der Waals surface area contributed by atoms with E-state index in [1.54, 1.807) is 0 Å². The van der Waals surface area contributed by atoms with Crippen LogP contribution < -0.4 is 16.4 Å². The molecular formula is C26H40N7O17P3S. The highest BCUT2D eigenvalue weighted by molar-refractivity contribution is 8.13. The Balaban J connectivity index is 1.51. The van der Waals surface area contributed by atoms with Crippen LogP contribution in [0.1, 0.15) is 39.3 Å². The van der Waals surface area contributed by atoms with Crippen LogP contribution in [-0.4, -0.2) is 123 Å². The normalized spacial score (nSPS) is 21.8. The van der Waals surface area contributed by atoms with Gasteiger partial charge in [0.25, 0.3) is 0 Å². The highest BCUT2D eigenvalue weighted by Crippen LogP contribution is 2.61. The van der Waals surface area contributed by atoms with Gasteiger partial charge < -0.3 is 50.9 Å². The number of aromatic nitrogens is 4. The first-order valence-corrected chi connectivity index (χ1v) is 21.0. The number of carbonyl (C=O) groups is 3. The average molecular weight is 848 g/mol. The summed E-state index contributed by atoms with van der Waals surface area (Å²) in [5.41, 5.74) is 4.25. The van der Waals surface area contributed by atoms with Gasteiger partial charge in [-0.05, 0) is 0 Å². The first-order chi connectivity index (χ1) is 25.1. The summed E-state index contributed by atoms with van der Waals surface area (Å²) in [6.07, 6.45) is -1.31. The predicted molar refractivity (Wildman–Crippen MR) is 185 cm³/mol. The first-order valence-electron chi connectivity index (χ1n) is 15.5. The first kappa shape index (κ1) is 45.5. The van der Waals surface area contributed by atoms with E-state index in [1.807, 2.05) is 0 Å². The van der Waals surface area contributed by atoms with Crippen LogP contribution in [0.4, 0.5) is 5.82 Å². The SMILES string of the molecule is C#CCCC(=O)SCCNC(=O)CCNC(=O)[C@H](O)C(C)(C)COP(=O)(O)OP(=O)(O)OCC1OC(n2cnc3c(N)ncnc32)C(O)C1OP(=O)(O)O.